The summed E-state index contributed by atoms with van der Waals surface area (Å²) in [5.74, 6) is 0. The van der Waals surface area contributed by atoms with Crippen LogP contribution in [0.1, 0.15) is 52.4 Å². The summed E-state index contributed by atoms with van der Waals surface area (Å²) in [6, 6.07) is 0. The lowest BCUT2D eigenvalue weighted by Gasteiger charge is -1.92. The molecule has 0 aliphatic rings. The molecule has 0 aromatic rings. The van der Waals surface area contributed by atoms with E-state index in [1.54, 1.807) is 0 Å². The number of allylic oxidation sites excluding steroid dienone is 4. The first-order chi connectivity index (χ1) is 5.91. The third kappa shape index (κ3) is 9.48. The van der Waals surface area contributed by atoms with Gasteiger partial charge in [0.1, 0.15) is 0 Å². The van der Waals surface area contributed by atoms with E-state index in [0.717, 1.165) is 6.42 Å². The molecular weight excluding hydrogens is 144 g/mol. The molecule has 0 aliphatic carbocycles. The Kier molecular flexibility index (Phi) is 10.0. The molecular formula is C12H22. The molecule has 0 nitrogen and oxygen atoms in total. The molecule has 0 atom stereocenters. The molecule has 0 unspecified atom stereocenters. The first kappa shape index (κ1) is 11.5. The van der Waals surface area contributed by atoms with Gasteiger partial charge >= 0.3 is 0 Å². The van der Waals surface area contributed by atoms with E-state index in [1.807, 2.05) is 0 Å². The first-order valence-corrected chi connectivity index (χ1v) is 5.23. The molecule has 70 valence electrons. The highest BCUT2D eigenvalue weighted by atomic mass is 13.9. The van der Waals surface area contributed by atoms with E-state index < -0.39 is 0 Å². The Morgan fingerprint density at radius 3 is 2.25 bits per heavy atom. The SMILES string of the molecule is CC/C=C\C=C/CCCCCC. The fourth-order valence-corrected chi connectivity index (χ4v) is 1.08. The van der Waals surface area contributed by atoms with Crippen LogP contribution < -0.4 is 0 Å². The molecule has 0 amide bonds. The Hall–Kier alpha value is -0.520. The fraction of sp³-hybridized carbons (Fsp3) is 0.667. The molecule has 0 spiro atoms. The molecule has 0 rings (SSSR count). The van der Waals surface area contributed by atoms with Gasteiger partial charge in [-0.15, -0.1) is 0 Å². The third-order valence-corrected chi connectivity index (χ3v) is 1.84. The van der Waals surface area contributed by atoms with Gasteiger partial charge in [0.05, 0.1) is 0 Å². The van der Waals surface area contributed by atoms with Crippen molar-refractivity contribution in [1.82, 2.24) is 0 Å². The average Bonchev–Trinajstić information content (AvgIpc) is 2.10. The lowest BCUT2D eigenvalue weighted by molar-refractivity contribution is 0.674. The van der Waals surface area contributed by atoms with E-state index in [9.17, 15) is 0 Å². The Bertz CT molecular complexity index is 120. The van der Waals surface area contributed by atoms with Crippen molar-refractivity contribution in [2.75, 3.05) is 0 Å². The van der Waals surface area contributed by atoms with Crippen LogP contribution in [0.3, 0.4) is 0 Å². The number of hydrogen-bond acceptors (Lipinski definition) is 0. The van der Waals surface area contributed by atoms with Gasteiger partial charge in [0.2, 0.25) is 0 Å². The first-order valence-electron chi connectivity index (χ1n) is 5.23. The topological polar surface area (TPSA) is 0 Å². The smallest absolute Gasteiger partial charge is 0.0348 e. The maximum absolute atomic E-state index is 2.27. The largest absolute Gasteiger partial charge is 0.0848 e. The molecule has 0 aromatic heterocycles. The monoisotopic (exact) mass is 166 g/mol. The zero-order chi connectivity index (χ0) is 9.07. The molecule has 0 fully saturated rings. The highest BCUT2D eigenvalue weighted by Crippen LogP contribution is 2.02. The summed E-state index contributed by atoms with van der Waals surface area (Å²) in [5, 5.41) is 0. The predicted molar refractivity (Wildman–Crippen MR) is 57.3 cm³/mol. The molecule has 0 heterocycles. The second-order valence-corrected chi connectivity index (χ2v) is 3.11. The van der Waals surface area contributed by atoms with E-state index in [0.29, 0.717) is 0 Å². The van der Waals surface area contributed by atoms with Gasteiger partial charge in [0.25, 0.3) is 0 Å². The van der Waals surface area contributed by atoms with Crippen molar-refractivity contribution in [3.8, 4) is 0 Å². The van der Waals surface area contributed by atoms with Gasteiger partial charge in [-0.05, 0) is 19.3 Å². The van der Waals surface area contributed by atoms with Crippen LogP contribution in [0.5, 0.6) is 0 Å². The van der Waals surface area contributed by atoms with E-state index in [1.165, 1.54) is 32.1 Å². The normalized spacial score (nSPS) is 11.8. The minimum Gasteiger partial charge on any atom is -0.0848 e. The molecule has 0 aromatic carbocycles. The lowest BCUT2D eigenvalue weighted by atomic mass is 10.1. The summed E-state index contributed by atoms with van der Waals surface area (Å²) in [7, 11) is 0. The van der Waals surface area contributed by atoms with Crippen molar-refractivity contribution in [3.63, 3.8) is 0 Å². The molecule has 0 saturated heterocycles. The third-order valence-electron chi connectivity index (χ3n) is 1.84. The number of unbranched alkanes of at least 4 members (excludes halogenated alkanes) is 4. The van der Waals surface area contributed by atoms with Crippen molar-refractivity contribution in [3.05, 3.63) is 24.3 Å². The summed E-state index contributed by atoms with van der Waals surface area (Å²) in [6.07, 6.45) is 16.6. The lowest BCUT2D eigenvalue weighted by Crippen LogP contribution is -1.72. The van der Waals surface area contributed by atoms with Crippen LogP contribution in [-0.2, 0) is 0 Å². The van der Waals surface area contributed by atoms with Crippen molar-refractivity contribution < 1.29 is 0 Å². The minimum absolute atomic E-state index is 1.14. The standard InChI is InChI=1S/C12H22/c1-3-5-7-9-11-12-10-8-6-4-2/h5,7,9,11H,3-4,6,8,10,12H2,1-2H3/b7-5-,11-9-. The molecule has 0 aliphatic heterocycles. The maximum atomic E-state index is 2.27. The summed E-state index contributed by atoms with van der Waals surface area (Å²) in [4.78, 5) is 0. The van der Waals surface area contributed by atoms with Gasteiger partial charge in [-0.1, -0.05) is 57.4 Å². The summed E-state index contributed by atoms with van der Waals surface area (Å²) < 4.78 is 0. The van der Waals surface area contributed by atoms with Crippen LogP contribution >= 0.6 is 0 Å². The second-order valence-electron chi connectivity index (χ2n) is 3.11. The van der Waals surface area contributed by atoms with Gasteiger partial charge in [-0.25, -0.2) is 0 Å². The fourth-order valence-electron chi connectivity index (χ4n) is 1.08. The van der Waals surface area contributed by atoms with Gasteiger partial charge < -0.3 is 0 Å². The van der Waals surface area contributed by atoms with E-state index in [2.05, 4.69) is 38.2 Å². The maximum Gasteiger partial charge on any atom is -0.0348 e. The molecule has 0 radical (unpaired) electrons. The van der Waals surface area contributed by atoms with Gasteiger partial charge in [-0.2, -0.15) is 0 Å². The molecule has 0 saturated carbocycles. The minimum atomic E-state index is 1.14. The van der Waals surface area contributed by atoms with Crippen molar-refractivity contribution in [2.45, 2.75) is 52.4 Å². The van der Waals surface area contributed by atoms with Crippen molar-refractivity contribution in [2.24, 2.45) is 0 Å². The van der Waals surface area contributed by atoms with Gasteiger partial charge in [0, 0.05) is 0 Å². The van der Waals surface area contributed by atoms with Gasteiger partial charge in [-0.3, -0.25) is 0 Å². The van der Waals surface area contributed by atoms with Crippen LogP contribution in [-0.4, -0.2) is 0 Å². The summed E-state index contributed by atoms with van der Waals surface area (Å²) in [6.45, 7) is 4.41. The Morgan fingerprint density at radius 2 is 1.58 bits per heavy atom. The van der Waals surface area contributed by atoms with Crippen LogP contribution in [0.2, 0.25) is 0 Å². The summed E-state index contributed by atoms with van der Waals surface area (Å²) >= 11 is 0. The number of rotatable bonds is 7. The van der Waals surface area contributed by atoms with Crippen LogP contribution in [0.4, 0.5) is 0 Å². The van der Waals surface area contributed by atoms with Gasteiger partial charge in [0.15, 0.2) is 0 Å². The molecule has 12 heavy (non-hydrogen) atoms. The van der Waals surface area contributed by atoms with Crippen LogP contribution in [0, 0.1) is 0 Å². The average molecular weight is 166 g/mol. The zero-order valence-corrected chi connectivity index (χ0v) is 8.55. The molecule has 0 heteroatoms. The second kappa shape index (κ2) is 10.5. The Morgan fingerprint density at radius 1 is 0.833 bits per heavy atom. The molecule has 0 N–H and O–H groups in total. The predicted octanol–water partition coefficient (Wildman–Crippen LogP) is 4.48. The van der Waals surface area contributed by atoms with E-state index in [4.69, 9.17) is 0 Å². The Labute approximate surface area is 77.4 Å². The van der Waals surface area contributed by atoms with Crippen molar-refractivity contribution in [1.29, 1.82) is 0 Å². The quantitative estimate of drug-likeness (QED) is 0.386. The van der Waals surface area contributed by atoms with E-state index >= 15 is 0 Å². The van der Waals surface area contributed by atoms with Crippen molar-refractivity contribution >= 4 is 0 Å². The van der Waals surface area contributed by atoms with Crippen LogP contribution in [0.25, 0.3) is 0 Å². The van der Waals surface area contributed by atoms with E-state index in [-0.39, 0.29) is 0 Å². The summed E-state index contributed by atoms with van der Waals surface area (Å²) in [5.41, 5.74) is 0. The zero-order valence-electron chi connectivity index (χ0n) is 8.55. The van der Waals surface area contributed by atoms with Crippen LogP contribution in [0.15, 0.2) is 24.3 Å². The number of hydrogen-bond donors (Lipinski definition) is 0. The Balaban J connectivity index is 3.07. The highest BCUT2D eigenvalue weighted by Gasteiger charge is 1.82. The molecule has 0 bridgehead atoms. The highest BCUT2D eigenvalue weighted by molar-refractivity contribution is 5.01.